The third-order valence-electron chi connectivity index (χ3n) is 2.42. The van der Waals surface area contributed by atoms with Crippen molar-refractivity contribution in [3.05, 3.63) is 28.2 Å². The molecule has 16 heavy (non-hydrogen) atoms. The lowest BCUT2D eigenvalue weighted by Gasteiger charge is -2.23. The molecule has 1 unspecified atom stereocenters. The molecule has 2 nitrogen and oxygen atoms in total. The lowest BCUT2D eigenvalue weighted by Crippen LogP contribution is -2.30. The number of ether oxygens (including phenoxy) is 1. The summed E-state index contributed by atoms with van der Waals surface area (Å²) in [5.41, 5.74) is 0.852. The second-order valence-electron chi connectivity index (χ2n) is 4.07. The molecule has 0 aromatic heterocycles. The fraction of sp³-hybridized carbons (Fsp3) is 0.500. The number of anilines is 1. The second kappa shape index (κ2) is 6.33. The van der Waals surface area contributed by atoms with E-state index < -0.39 is 0 Å². The summed E-state index contributed by atoms with van der Waals surface area (Å²) in [7, 11) is 1.69. The third-order valence-corrected chi connectivity index (χ3v) is 2.98. The maximum Gasteiger partial charge on any atom is 0.0666 e. The van der Waals surface area contributed by atoms with E-state index in [-0.39, 0.29) is 6.04 Å². The lowest BCUT2D eigenvalue weighted by molar-refractivity contribution is 0.171. The molecule has 0 saturated heterocycles. The predicted molar refractivity (Wildman–Crippen MR) is 70.6 cm³/mol. The van der Waals surface area contributed by atoms with Crippen molar-refractivity contribution in [3.8, 4) is 0 Å². The first-order valence-electron chi connectivity index (χ1n) is 5.25. The Balaban J connectivity index is 2.80. The summed E-state index contributed by atoms with van der Waals surface area (Å²) < 4.78 is 5.17. The molecule has 0 heterocycles. The second-order valence-corrected chi connectivity index (χ2v) is 4.92. The van der Waals surface area contributed by atoms with Gasteiger partial charge in [0.1, 0.15) is 0 Å². The van der Waals surface area contributed by atoms with Crippen molar-refractivity contribution in [2.24, 2.45) is 5.92 Å². The molecule has 1 rings (SSSR count). The van der Waals surface area contributed by atoms with Crippen LogP contribution in [0.25, 0.3) is 0 Å². The van der Waals surface area contributed by atoms with Crippen LogP contribution in [0.3, 0.4) is 0 Å². The van der Waals surface area contributed by atoms with Crippen LogP contribution in [-0.4, -0.2) is 19.8 Å². The van der Waals surface area contributed by atoms with E-state index in [4.69, 9.17) is 27.9 Å². The molecule has 0 aliphatic heterocycles. The molecule has 90 valence electrons. The molecule has 0 fully saturated rings. The van der Waals surface area contributed by atoms with Crippen LogP contribution in [-0.2, 0) is 4.74 Å². The monoisotopic (exact) mass is 261 g/mol. The molecule has 0 aliphatic rings. The van der Waals surface area contributed by atoms with Gasteiger partial charge in [0.05, 0.1) is 23.4 Å². The SMILES string of the molecule is COCC(Nc1cc(Cl)ccc1Cl)C(C)C. The number of nitrogens with one attached hydrogen (secondary N) is 1. The molecule has 0 bridgehead atoms. The highest BCUT2D eigenvalue weighted by atomic mass is 35.5. The van der Waals surface area contributed by atoms with Gasteiger partial charge in [-0.1, -0.05) is 37.0 Å². The molecule has 0 spiro atoms. The van der Waals surface area contributed by atoms with Gasteiger partial charge in [0.25, 0.3) is 0 Å². The minimum atomic E-state index is 0.223. The van der Waals surface area contributed by atoms with Crippen LogP contribution in [0.2, 0.25) is 10.0 Å². The Hall–Kier alpha value is -0.440. The van der Waals surface area contributed by atoms with Crippen molar-refractivity contribution in [3.63, 3.8) is 0 Å². The Labute approximate surface area is 107 Å². The maximum atomic E-state index is 6.08. The lowest BCUT2D eigenvalue weighted by atomic mass is 10.1. The molecule has 0 aliphatic carbocycles. The van der Waals surface area contributed by atoms with Gasteiger partial charge in [-0.3, -0.25) is 0 Å². The molecule has 1 atom stereocenters. The average Bonchev–Trinajstić information content (AvgIpc) is 2.22. The van der Waals surface area contributed by atoms with Crippen LogP contribution < -0.4 is 5.32 Å². The van der Waals surface area contributed by atoms with Gasteiger partial charge in [-0.15, -0.1) is 0 Å². The standard InChI is InChI=1S/C12H17Cl2NO/c1-8(2)12(7-16-3)15-11-6-9(13)4-5-10(11)14/h4-6,8,12,15H,7H2,1-3H3. The summed E-state index contributed by atoms with van der Waals surface area (Å²) >= 11 is 12.0. The zero-order chi connectivity index (χ0) is 12.1. The highest BCUT2D eigenvalue weighted by molar-refractivity contribution is 6.35. The van der Waals surface area contributed by atoms with E-state index >= 15 is 0 Å². The first kappa shape index (κ1) is 13.6. The van der Waals surface area contributed by atoms with Crippen LogP contribution in [0.5, 0.6) is 0 Å². The van der Waals surface area contributed by atoms with Crippen molar-refractivity contribution >= 4 is 28.9 Å². The Morgan fingerprint density at radius 1 is 1.31 bits per heavy atom. The Morgan fingerprint density at radius 3 is 2.56 bits per heavy atom. The Morgan fingerprint density at radius 2 is 2.00 bits per heavy atom. The number of hydrogen-bond donors (Lipinski definition) is 1. The summed E-state index contributed by atoms with van der Waals surface area (Å²) in [5.74, 6) is 0.454. The van der Waals surface area contributed by atoms with Crippen molar-refractivity contribution in [1.29, 1.82) is 0 Å². The van der Waals surface area contributed by atoms with Gasteiger partial charge < -0.3 is 10.1 Å². The Kier molecular flexibility index (Phi) is 5.39. The minimum absolute atomic E-state index is 0.223. The molecular weight excluding hydrogens is 245 g/mol. The van der Waals surface area contributed by atoms with Crippen molar-refractivity contribution < 1.29 is 4.74 Å². The van der Waals surface area contributed by atoms with E-state index in [1.54, 1.807) is 19.2 Å². The highest BCUT2D eigenvalue weighted by Gasteiger charge is 2.14. The van der Waals surface area contributed by atoms with Gasteiger partial charge in [-0.25, -0.2) is 0 Å². The molecule has 1 N–H and O–H groups in total. The van der Waals surface area contributed by atoms with Crippen LogP contribution in [0.1, 0.15) is 13.8 Å². The van der Waals surface area contributed by atoms with E-state index in [2.05, 4.69) is 19.2 Å². The first-order valence-corrected chi connectivity index (χ1v) is 6.00. The molecule has 0 amide bonds. The fourth-order valence-electron chi connectivity index (χ4n) is 1.39. The van der Waals surface area contributed by atoms with Crippen molar-refractivity contribution in [2.45, 2.75) is 19.9 Å². The third kappa shape index (κ3) is 3.85. The molecule has 4 heteroatoms. The number of halogens is 2. The van der Waals surface area contributed by atoms with E-state index in [0.717, 1.165) is 5.69 Å². The van der Waals surface area contributed by atoms with E-state index in [1.165, 1.54) is 0 Å². The van der Waals surface area contributed by atoms with Crippen LogP contribution >= 0.6 is 23.2 Å². The topological polar surface area (TPSA) is 21.3 Å². The van der Waals surface area contributed by atoms with E-state index in [1.807, 2.05) is 6.07 Å². The van der Waals surface area contributed by atoms with Gasteiger partial charge in [0.2, 0.25) is 0 Å². The molecule has 0 saturated carbocycles. The van der Waals surface area contributed by atoms with Gasteiger partial charge in [-0.05, 0) is 24.1 Å². The number of hydrogen-bond acceptors (Lipinski definition) is 2. The number of benzene rings is 1. The molecule has 1 aromatic rings. The largest absolute Gasteiger partial charge is 0.383 e. The molecule has 1 aromatic carbocycles. The number of rotatable bonds is 5. The Bertz CT molecular complexity index is 342. The van der Waals surface area contributed by atoms with Crippen molar-refractivity contribution in [2.75, 3.05) is 19.0 Å². The van der Waals surface area contributed by atoms with E-state index in [0.29, 0.717) is 22.6 Å². The summed E-state index contributed by atoms with van der Waals surface area (Å²) in [6.45, 7) is 4.91. The first-order chi connectivity index (χ1) is 7.54. The smallest absolute Gasteiger partial charge is 0.0666 e. The maximum absolute atomic E-state index is 6.08. The zero-order valence-corrected chi connectivity index (χ0v) is 11.3. The average molecular weight is 262 g/mol. The summed E-state index contributed by atoms with van der Waals surface area (Å²) in [6, 6.07) is 5.61. The van der Waals surface area contributed by atoms with Crippen LogP contribution in [0.15, 0.2) is 18.2 Å². The molecular formula is C12H17Cl2NO. The highest BCUT2D eigenvalue weighted by Crippen LogP contribution is 2.26. The van der Waals surface area contributed by atoms with Gasteiger partial charge in [0, 0.05) is 12.1 Å². The predicted octanol–water partition coefficient (Wildman–Crippen LogP) is 4.08. The van der Waals surface area contributed by atoms with E-state index in [9.17, 15) is 0 Å². The van der Waals surface area contributed by atoms with Crippen LogP contribution in [0, 0.1) is 5.92 Å². The van der Waals surface area contributed by atoms with Crippen LogP contribution in [0.4, 0.5) is 5.69 Å². The summed E-state index contributed by atoms with van der Waals surface area (Å²) in [6.07, 6.45) is 0. The zero-order valence-electron chi connectivity index (χ0n) is 9.76. The molecule has 0 radical (unpaired) electrons. The normalized spacial score (nSPS) is 12.9. The summed E-state index contributed by atoms with van der Waals surface area (Å²) in [5, 5.41) is 4.69. The fourth-order valence-corrected chi connectivity index (χ4v) is 1.73. The number of methoxy groups -OCH3 is 1. The van der Waals surface area contributed by atoms with Gasteiger partial charge in [0.15, 0.2) is 0 Å². The summed E-state index contributed by atoms with van der Waals surface area (Å²) in [4.78, 5) is 0. The van der Waals surface area contributed by atoms with Crippen molar-refractivity contribution in [1.82, 2.24) is 0 Å². The van der Waals surface area contributed by atoms with Gasteiger partial charge >= 0.3 is 0 Å². The minimum Gasteiger partial charge on any atom is -0.383 e. The quantitative estimate of drug-likeness (QED) is 0.863. The van der Waals surface area contributed by atoms with Gasteiger partial charge in [-0.2, -0.15) is 0 Å².